The summed E-state index contributed by atoms with van der Waals surface area (Å²) < 4.78 is 0. The Kier molecular flexibility index (Phi) is 2.89. The molecule has 0 bridgehead atoms. The van der Waals surface area contributed by atoms with Crippen molar-refractivity contribution >= 4 is 0 Å². The molecule has 1 heterocycles. The van der Waals surface area contributed by atoms with Crippen LogP contribution >= 0.6 is 0 Å². The number of aryl methyl sites for hydroxylation is 2. The highest BCUT2D eigenvalue weighted by Crippen LogP contribution is 2.16. The number of H-pyrrole nitrogens is 1. The fourth-order valence-corrected chi connectivity index (χ4v) is 2.04. The van der Waals surface area contributed by atoms with E-state index in [1.165, 1.54) is 0 Å². The standard InChI is InChI=1S/C12H18N2O/c1-8(2)6-7-11-13-10-5-3-4-9(10)12(15)14-11/h8H,3-7H2,1-2H3,(H,13,14,15). The zero-order chi connectivity index (χ0) is 10.8. The van der Waals surface area contributed by atoms with Crippen molar-refractivity contribution in [2.24, 2.45) is 5.92 Å². The minimum Gasteiger partial charge on any atom is -0.310 e. The second kappa shape index (κ2) is 4.17. The molecule has 3 nitrogen and oxygen atoms in total. The van der Waals surface area contributed by atoms with Crippen LogP contribution in [0.2, 0.25) is 0 Å². The van der Waals surface area contributed by atoms with Crippen LogP contribution in [-0.2, 0) is 19.3 Å². The number of fused-ring (bicyclic) bond motifs is 1. The first-order valence-corrected chi connectivity index (χ1v) is 5.77. The van der Waals surface area contributed by atoms with E-state index < -0.39 is 0 Å². The van der Waals surface area contributed by atoms with E-state index in [0.717, 1.165) is 49.2 Å². The van der Waals surface area contributed by atoms with E-state index in [2.05, 4.69) is 23.8 Å². The summed E-state index contributed by atoms with van der Waals surface area (Å²) in [6.07, 6.45) is 4.94. The van der Waals surface area contributed by atoms with Crippen molar-refractivity contribution in [3.05, 3.63) is 27.4 Å². The van der Waals surface area contributed by atoms with Crippen LogP contribution in [0.5, 0.6) is 0 Å². The minimum atomic E-state index is 0.0938. The van der Waals surface area contributed by atoms with Crippen molar-refractivity contribution in [3.63, 3.8) is 0 Å². The van der Waals surface area contributed by atoms with Gasteiger partial charge in [-0.2, -0.15) is 0 Å². The molecule has 0 fully saturated rings. The third kappa shape index (κ3) is 2.28. The fourth-order valence-electron chi connectivity index (χ4n) is 2.04. The number of nitrogens with one attached hydrogen (secondary N) is 1. The molecule has 0 amide bonds. The zero-order valence-corrected chi connectivity index (χ0v) is 9.47. The number of nitrogens with zero attached hydrogens (tertiary/aromatic N) is 1. The molecule has 1 N–H and O–H groups in total. The molecule has 0 unspecified atom stereocenters. The quantitative estimate of drug-likeness (QED) is 0.820. The van der Waals surface area contributed by atoms with E-state index in [1.807, 2.05) is 0 Å². The maximum atomic E-state index is 11.7. The molecule has 0 radical (unpaired) electrons. The summed E-state index contributed by atoms with van der Waals surface area (Å²) in [6, 6.07) is 0. The minimum absolute atomic E-state index is 0.0938. The first-order valence-electron chi connectivity index (χ1n) is 5.77. The van der Waals surface area contributed by atoms with E-state index in [0.29, 0.717) is 5.92 Å². The van der Waals surface area contributed by atoms with Gasteiger partial charge in [-0.25, -0.2) is 4.98 Å². The van der Waals surface area contributed by atoms with E-state index in [1.54, 1.807) is 0 Å². The van der Waals surface area contributed by atoms with Gasteiger partial charge >= 0.3 is 0 Å². The highest BCUT2D eigenvalue weighted by atomic mass is 16.1. The molecule has 0 saturated heterocycles. The normalized spacial score (nSPS) is 14.6. The van der Waals surface area contributed by atoms with Crippen molar-refractivity contribution in [2.45, 2.75) is 46.0 Å². The smallest absolute Gasteiger partial charge is 0.254 e. The van der Waals surface area contributed by atoms with E-state index in [4.69, 9.17) is 0 Å². The number of rotatable bonds is 3. The Bertz CT molecular complexity index is 407. The summed E-state index contributed by atoms with van der Waals surface area (Å²) in [4.78, 5) is 19.1. The molecule has 0 spiro atoms. The predicted octanol–water partition coefficient (Wildman–Crippen LogP) is 1.85. The van der Waals surface area contributed by atoms with Gasteiger partial charge in [0.05, 0.1) is 5.69 Å². The van der Waals surface area contributed by atoms with E-state index in [9.17, 15) is 4.79 Å². The molecule has 3 heteroatoms. The maximum absolute atomic E-state index is 11.7. The van der Waals surface area contributed by atoms with Crippen LogP contribution in [0, 0.1) is 5.92 Å². The molecule has 1 aliphatic rings. The summed E-state index contributed by atoms with van der Waals surface area (Å²) in [5, 5.41) is 0. The molecule has 0 aromatic carbocycles. The average molecular weight is 206 g/mol. The van der Waals surface area contributed by atoms with Crippen LogP contribution in [-0.4, -0.2) is 9.97 Å². The molecular formula is C12H18N2O. The van der Waals surface area contributed by atoms with Gasteiger partial charge in [0, 0.05) is 12.0 Å². The first-order chi connectivity index (χ1) is 7.16. The third-order valence-corrected chi connectivity index (χ3v) is 2.95. The largest absolute Gasteiger partial charge is 0.310 e. The summed E-state index contributed by atoms with van der Waals surface area (Å²) in [6.45, 7) is 4.37. The van der Waals surface area contributed by atoms with Gasteiger partial charge in [0.1, 0.15) is 5.82 Å². The van der Waals surface area contributed by atoms with Crippen molar-refractivity contribution in [1.82, 2.24) is 9.97 Å². The number of hydrogen-bond donors (Lipinski definition) is 1. The van der Waals surface area contributed by atoms with Crippen molar-refractivity contribution in [1.29, 1.82) is 0 Å². The van der Waals surface area contributed by atoms with Gasteiger partial charge in [-0.05, 0) is 31.6 Å². The van der Waals surface area contributed by atoms with Gasteiger partial charge in [-0.3, -0.25) is 4.79 Å². The predicted molar refractivity (Wildman–Crippen MR) is 60.0 cm³/mol. The molecule has 82 valence electrons. The average Bonchev–Trinajstić information content (AvgIpc) is 2.63. The Morgan fingerprint density at radius 2 is 2.20 bits per heavy atom. The van der Waals surface area contributed by atoms with Crippen LogP contribution in [0.15, 0.2) is 4.79 Å². The topological polar surface area (TPSA) is 45.8 Å². The lowest BCUT2D eigenvalue weighted by Crippen LogP contribution is -2.17. The van der Waals surface area contributed by atoms with Gasteiger partial charge in [0.15, 0.2) is 0 Å². The molecule has 0 atom stereocenters. The summed E-state index contributed by atoms with van der Waals surface area (Å²) in [7, 11) is 0. The molecule has 15 heavy (non-hydrogen) atoms. The maximum Gasteiger partial charge on any atom is 0.254 e. The molecule has 1 aromatic heterocycles. The van der Waals surface area contributed by atoms with Gasteiger partial charge in [-0.1, -0.05) is 13.8 Å². The Labute approximate surface area is 89.9 Å². The Morgan fingerprint density at radius 3 is 2.93 bits per heavy atom. The van der Waals surface area contributed by atoms with Crippen LogP contribution in [0.25, 0.3) is 0 Å². The Hall–Kier alpha value is -1.12. The zero-order valence-electron chi connectivity index (χ0n) is 9.47. The monoisotopic (exact) mass is 206 g/mol. The molecule has 2 rings (SSSR count). The number of aromatic nitrogens is 2. The van der Waals surface area contributed by atoms with Crippen LogP contribution in [0.3, 0.4) is 0 Å². The lowest BCUT2D eigenvalue weighted by Gasteiger charge is -2.05. The van der Waals surface area contributed by atoms with Gasteiger partial charge < -0.3 is 4.98 Å². The molecule has 0 saturated carbocycles. The van der Waals surface area contributed by atoms with Crippen LogP contribution < -0.4 is 5.56 Å². The second-order valence-corrected chi connectivity index (χ2v) is 4.72. The van der Waals surface area contributed by atoms with E-state index in [-0.39, 0.29) is 5.56 Å². The number of hydrogen-bond acceptors (Lipinski definition) is 2. The molecule has 1 aromatic rings. The van der Waals surface area contributed by atoms with Gasteiger partial charge in [0.2, 0.25) is 0 Å². The van der Waals surface area contributed by atoms with Crippen molar-refractivity contribution in [2.75, 3.05) is 0 Å². The Balaban J connectivity index is 2.20. The summed E-state index contributed by atoms with van der Waals surface area (Å²) in [5.74, 6) is 1.53. The molecular weight excluding hydrogens is 188 g/mol. The van der Waals surface area contributed by atoms with Crippen LogP contribution in [0.4, 0.5) is 0 Å². The highest BCUT2D eigenvalue weighted by molar-refractivity contribution is 5.22. The fraction of sp³-hybridized carbons (Fsp3) is 0.667. The van der Waals surface area contributed by atoms with Crippen molar-refractivity contribution in [3.8, 4) is 0 Å². The van der Waals surface area contributed by atoms with Gasteiger partial charge in [-0.15, -0.1) is 0 Å². The second-order valence-electron chi connectivity index (χ2n) is 4.72. The lowest BCUT2D eigenvalue weighted by molar-refractivity contribution is 0.572. The summed E-state index contributed by atoms with van der Waals surface area (Å²) >= 11 is 0. The Morgan fingerprint density at radius 1 is 1.40 bits per heavy atom. The summed E-state index contributed by atoms with van der Waals surface area (Å²) in [5.41, 5.74) is 2.05. The number of aromatic amines is 1. The highest BCUT2D eigenvalue weighted by Gasteiger charge is 2.16. The first kappa shape index (κ1) is 10.4. The van der Waals surface area contributed by atoms with Crippen molar-refractivity contribution < 1.29 is 0 Å². The SMILES string of the molecule is CC(C)CCc1nc2c(c(=O)[nH]1)CCC2. The van der Waals surface area contributed by atoms with E-state index >= 15 is 0 Å². The van der Waals surface area contributed by atoms with Gasteiger partial charge in [0.25, 0.3) is 5.56 Å². The van der Waals surface area contributed by atoms with Crippen LogP contribution in [0.1, 0.15) is 43.8 Å². The molecule has 0 aliphatic heterocycles. The third-order valence-electron chi connectivity index (χ3n) is 2.95. The lowest BCUT2D eigenvalue weighted by atomic mass is 10.1. The molecule has 1 aliphatic carbocycles.